The molecule has 2 fully saturated rings. The first kappa shape index (κ1) is 21.4. The first-order valence-corrected chi connectivity index (χ1v) is 10.5. The number of nitrogens with one attached hydrogen (secondary N) is 5. The van der Waals surface area contributed by atoms with Gasteiger partial charge in [-0.05, 0) is 42.8 Å². The summed E-state index contributed by atoms with van der Waals surface area (Å²) < 4.78 is 0. The highest BCUT2D eigenvalue weighted by atomic mass is 35.5. The number of amides is 3. The van der Waals surface area contributed by atoms with Crippen molar-refractivity contribution in [1.29, 1.82) is 0 Å². The van der Waals surface area contributed by atoms with E-state index in [0.29, 0.717) is 21.4 Å². The van der Waals surface area contributed by atoms with Crippen molar-refractivity contribution >= 4 is 52.3 Å². The third-order valence-corrected chi connectivity index (χ3v) is 5.85. The van der Waals surface area contributed by atoms with E-state index in [2.05, 4.69) is 26.6 Å². The standard InChI is InChI=1S/C21H21Cl2N5O3/c1-10-5-6-15(14(23)7-10)25-19(30)13-9-16(29)26-18-17(13)20(31)28-21(27-18)24-12-4-2-3-11(22)8-12/h2-8,13,17-18,21,24,27H,9H2,1H3,(H,25,30)(H,26,29)(H,28,31). The van der Waals surface area contributed by atoms with E-state index in [1.54, 1.807) is 36.4 Å². The molecule has 4 unspecified atom stereocenters. The molecule has 0 bridgehead atoms. The maximum Gasteiger partial charge on any atom is 0.229 e. The van der Waals surface area contributed by atoms with Crippen LogP contribution in [-0.2, 0) is 14.4 Å². The second-order valence-electron chi connectivity index (χ2n) is 7.62. The molecule has 2 aromatic carbocycles. The summed E-state index contributed by atoms with van der Waals surface area (Å²) in [7, 11) is 0. The van der Waals surface area contributed by atoms with Gasteiger partial charge in [0.1, 0.15) is 0 Å². The van der Waals surface area contributed by atoms with Crippen LogP contribution in [0.15, 0.2) is 42.5 Å². The number of benzene rings is 2. The average molecular weight is 462 g/mol. The molecule has 4 rings (SSSR count). The van der Waals surface area contributed by atoms with Gasteiger partial charge < -0.3 is 21.3 Å². The molecule has 162 valence electrons. The minimum Gasteiger partial charge on any atom is -0.353 e. The zero-order valence-corrected chi connectivity index (χ0v) is 18.1. The number of carbonyl (C=O) groups excluding carboxylic acids is 3. The van der Waals surface area contributed by atoms with Crippen LogP contribution in [0.3, 0.4) is 0 Å². The fraction of sp³-hybridized carbons (Fsp3) is 0.286. The van der Waals surface area contributed by atoms with E-state index in [-0.39, 0.29) is 18.2 Å². The predicted molar refractivity (Wildman–Crippen MR) is 118 cm³/mol. The summed E-state index contributed by atoms with van der Waals surface area (Å²) in [5.41, 5.74) is 2.08. The van der Waals surface area contributed by atoms with E-state index in [4.69, 9.17) is 23.2 Å². The Balaban J connectivity index is 1.49. The predicted octanol–water partition coefficient (Wildman–Crippen LogP) is 2.43. The highest BCUT2D eigenvalue weighted by Crippen LogP contribution is 2.30. The third-order valence-electron chi connectivity index (χ3n) is 5.30. The van der Waals surface area contributed by atoms with Gasteiger partial charge in [0.15, 0.2) is 6.29 Å². The van der Waals surface area contributed by atoms with Crippen LogP contribution in [0.4, 0.5) is 11.4 Å². The van der Waals surface area contributed by atoms with Crippen LogP contribution in [0.5, 0.6) is 0 Å². The van der Waals surface area contributed by atoms with E-state index < -0.39 is 30.2 Å². The molecular formula is C21H21Cl2N5O3. The maximum absolute atomic E-state index is 13.0. The SMILES string of the molecule is Cc1ccc(NC(=O)C2CC(=O)NC3NC(Nc4cccc(Cl)c4)NC(=O)C32)c(Cl)c1. The molecule has 31 heavy (non-hydrogen) atoms. The van der Waals surface area contributed by atoms with Crippen molar-refractivity contribution in [3.63, 3.8) is 0 Å². The summed E-state index contributed by atoms with van der Waals surface area (Å²) in [6, 6.07) is 12.3. The maximum atomic E-state index is 13.0. The van der Waals surface area contributed by atoms with E-state index in [1.807, 2.05) is 13.0 Å². The molecule has 10 heteroatoms. The number of piperidine rings is 1. The molecule has 2 aliphatic heterocycles. The van der Waals surface area contributed by atoms with Gasteiger partial charge in [0.2, 0.25) is 17.7 Å². The highest BCUT2D eigenvalue weighted by molar-refractivity contribution is 6.33. The van der Waals surface area contributed by atoms with Gasteiger partial charge in [0, 0.05) is 17.1 Å². The Morgan fingerprint density at radius 2 is 1.90 bits per heavy atom. The Morgan fingerprint density at radius 3 is 2.65 bits per heavy atom. The minimum atomic E-state index is -0.851. The molecule has 0 radical (unpaired) electrons. The lowest BCUT2D eigenvalue weighted by molar-refractivity contribution is -0.144. The van der Waals surface area contributed by atoms with Crippen molar-refractivity contribution in [2.75, 3.05) is 10.6 Å². The van der Waals surface area contributed by atoms with Gasteiger partial charge in [0.05, 0.1) is 28.7 Å². The van der Waals surface area contributed by atoms with Crippen molar-refractivity contribution in [1.82, 2.24) is 16.0 Å². The number of halogens is 2. The summed E-state index contributed by atoms with van der Waals surface area (Å²) in [5, 5.41) is 15.5. The minimum absolute atomic E-state index is 0.0992. The average Bonchev–Trinajstić information content (AvgIpc) is 2.69. The van der Waals surface area contributed by atoms with Crippen LogP contribution in [0.1, 0.15) is 12.0 Å². The van der Waals surface area contributed by atoms with Crippen LogP contribution in [0.25, 0.3) is 0 Å². The van der Waals surface area contributed by atoms with Gasteiger partial charge in [-0.25, -0.2) is 0 Å². The number of aryl methyl sites for hydroxylation is 1. The number of hydrogen-bond donors (Lipinski definition) is 5. The molecule has 3 amide bonds. The largest absolute Gasteiger partial charge is 0.353 e. The molecule has 2 heterocycles. The molecule has 5 N–H and O–H groups in total. The molecular weight excluding hydrogens is 441 g/mol. The topological polar surface area (TPSA) is 111 Å². The van der Waals surface area contributed by atoms with Gasteiger partial charge in [-0.1, -0.05) is 35.3 Å². The van der Waals surface area contributed by atoms with E-state index in [9.17, 15) is 14.4 Å². The summed E-state index contributed by atoms with van der Waals surface area (Å²) in [5.74, 6) is -2.73. The van der Waals surface area contributed by atoms with Crippen LogP contribution < -0.4 is 26.6 Å². The van der Waals surface area contributed by atoms with Crippen molar-refractivity contribution < 1.29 is 14.4 Å². The fourth-order valence-corrected chi connectivity index (χ4v) is 4.32. The van der Waals surface area contributed by atoms with Crippen LogP contribution >= 0.6 is 23.2 Å². The monoisotopic (exact) mass is 461 g/mol. The Hall–Kier alpha value is -2.81. The molecule has 0 spiro atoms. The summed E-state index contributed by atoms with van der Waals surface area (Å²) in [6.07, 6.45) is -1.46. The molecule has 2 saturated heterocycles. The number of fused-ring (bicyclic) bond motifs is 1. The van der Waals surface area contributed by atoms with Gasteiger partial charge in [-0.2, -0.15) is 0 Å². The quantitative estimate of drug-likeness (QED) is 0.480. The van der Waals surface area contributed by atoms with Gasteiger partial charge >= 0.3 is 0 Å². The highest BCUT2D eigenvalue weighted by Gasteiger charge is 2.48. The summed E-state index contributed by atoms with van der Waals surface area (Å²) >= 11 is 12.2. The Labute approximate surface area is 189 Å². The first-order valence-electron chi connectivity index (χ1n) is 9.75. The number of anilines is 2. The fourth-order valence-electron chi connectivity index (χ4n) is 3.85. The van der Waals surface area contributed by atoms with Crippen molar-refractivity contribution in [2.24, 2.45) is 11.8 Å². The molecule has 2 aliphatic rings. The Kier molecular flexibility index (Phi) is 6.04. The lowest BCUT2D eigenvalue weighted by Crippen LogP contribution is -2.72. The number of rotatable bonds is 4. The second kappa shape index (κ2) is 8.74. The lowest BCUT2D eigenvalue weighted by atomic mass is 9.81. The van der Waals surface area contributed by atoms with E-state index in [1.165, 1.54) is 0 Å². The summed E-state index contributed by atoms with van der Waals surface area (Å²) in [4.78, 5) is 38.2. The van der Waals surface area contributed by atoms with Gasteiger partial charge in [0.25, 0.3) is 0 Å². The van der Waals surface area contributed by atoms with Crippen LogP contribution in [-0.4, -0.2) is 30.2 Å². The normalized spacial score (nSPS) is 25.1. The summed E-state index contributed by atoms with van der Waals surface area (Å²) in [6.45, 7) is 1.89. The molecule has 0 saturated carbocycles. The van der Waals surface area contributed by atoms with Crippen LogP contribution in [0, 0.1) is 18.8 Å². The van der Waals surface area contributed by atoms with Crippen molar-refractivity contribution in [3.8, 4) is 0 Å². The third kappa shape index (κ3) is 4.76. The Bertz CT molecular complexity index is 1050. The first-order chi connectivity index (χ1) is 14.8. The molecule has 8 nitrogen and oxygen atoms in total. The number of carbonyl (C=O) groups is 3. The van der Waals surface area contributed by atoms with E-state index in [0.717, 1.165) is 5.56 Å². The van der Waals surface area contributed by atoms with E-state index >= 15 is 0 Å². The van der Waals surface area contributed by atoms with Crippen molar-refractivity contribution in [3.05, 3.63) is 58.1 Å². The Morgan fingerprint density at radius 1 is 1.10 bits per heavy atom. The molecule has 4 atom stereocenters. The molecule has 2 aromatic rings. The number of hydrogen-bond acceptors (Lipinski definition) is 5. The van der Waals surface area contributed by atoms with Gasteiger partial charge in [-0.3, -0.25) is 19.7 Å². The second-order valence-corrected chi connectivity index (χ2v) is 8.46. The molecule has 0 aliphatic carbocycles. The molecule has 0 aromatic heterocycles. The van der Waals surface area contributed by atoms with Crippen LogP contribution in [0.2, 0.25) is 10.0 Å². The zero-order chi connectivity index (χ0) is 22.1. The van der Waals surface area contributed by atoms with Crippen molar-refractivity contribution in [2.45, 2.75) is 25.8 Å². The lowest BCUT2D eigenvalue weighted by Gasteiger charge is -2.43. The van der Waals surface area contributed by atoms with Gasteiger partial charge in [-0.15, -0.1) is 0 Å². The smallest absolute Gasteiger partial charge is 0.229 e. The zero-order valence-electron chi connectivity index (χ0n) is 16.5.